The molecule has 10 heteroatoms. The fraction of sp³-hybridized carbons (Fsp3) is 0.412. The van der Waals surface area contributed by atoms with Gasteiger partial charge in [0.1, 0.15) is 6.04 Å². The van der Waals surface area contributed by atoms with Crippen LogP contribution in [0.15, 0.2) is 72.8 Å². The molecule has 1 aliphatic rings. The van der Waals surface area contributed by atoms with Crippen LogP contribution in [0.4, 0.5) is 5.69 Å². The number of nitrogens with one attached hydrogen (secondary N) is 1. The lowest BCUT2D eigenvalue weighted by atomic mass is 10.0. The van der Waals surface area contributed by atoms with E-state index in [1.807, 2.05) is 49.4 Å². The third-order valence-corrected chi connectivity index (χ3v) is 10.0. The highest BCUT2D eigenvalue weighted by molar-refractivity contribution is 7.92. The molecule has 0 spiro atoms. The summed E-state index contributed by atoms with van der Waals surface area (Å²) in [6.07, 6.45) is 6.55. The van der Waals surface area contributed by atoms with E-state index in [0.717, 1.165) is 49.5 Å². The zero-order valence-electron chi connectivity index (χ0n) is 25.3. The average Bonchev–Trinajstić information content (AvgIpc) is 3.51. The first kappa shape index (κ1) is 33.8. The van der Waals surface area contributed by atoms with Crippen LogP contribution in [-0.4, -0.2) is 50.0 Å². The molecular formula is C34H41Cl2N3O4S. The molecule has 0 aromatic heterocycles. The van der Waals surface area contributed by atoms with Gasteiger partial charge in [-0.25, -0.2) is 8.42 Å². The Hall–Kier alpha value is -3.07. The van der Waals surface area contributed by atoms with Crippen LogP contribution in [0, 0.1) is 0 Å². The van der Waals surface area contributed by atoms with Crippen molar-refractivity contribution in [1.29, 1.82) is 0 Å². The molecule has 2 amide bonds. The zero-order valence-corrected chi connectivity index (χ0v) is 27.7. The molecule has 3 aromatic carbocycles. The fourth-order valence-corrected chi connectivity index (χ4v) is 7.16. The van der Waals surface area contributed by atoms with Gasteiger partial charge in [-0.3, -0.25) is 13.9 Å². The van der Waals surface area contributed by atoms with Gasteiger partial charge in [0.2, 0.25) is 21.8 Å². The van der Waals surface area contributed by atoms with Crippen LogP contribution in [0.1, 0.15) is 62.1 Å². The summed E-state index contributed by atoms with van der Waals surface area (Å²) >= 11 is 13.1. The predicted molar refractivity (Wildman–Crippen MR) is 179 cm³/mol. The maximum Gasteiger partial charge on any atom is 0.243 e. The highest BCUT2D eigenvalue weighted by Gasteiger charge is 2.33. The molecule has 0 unspecified atom stereocenters. The quantitative estimate of drug-likeness (QED) is 0.207. The monoisotopic (exact) mass is 657 g/mol. The highest BCUT2D eigenvalue weighted by Crippen LogP contribution is 2.28. The molecule has 0 heterocycles. The smallest absolute Gasteiger partial charge is 0.243 e. The van der Waals surface area contributed by atoms with Crippen molar-refractivity contribution in [1.82, 2.24) is 10.2 Å². The topological polar surface area (TPSA) is 86.8 Å². The molecule has 0 radical (unpaired) electrons. The van der Waals surface area contributed by atoms with E-state index >= 15 is 0 Å². The molecule has 44 heavy (non-hydrogen) atoms. The van der Waals surface area contributed by atoms with Crippen molar-refractivity contribution in [2.24, 2.45) is 0 Å². The molecule has 1 N–H and O–H groups in total. The van der Waals surface area contributed by atoms with Crippen LogP contribution >= 0.6 is 23.2 Å². The first-order valence-electron chi connectivity index (χ1n) is 15.2. The second-order valence-electron chi connectivity index (χ2n) is 11.4. The van der Waals surface area contributed by atoms with Gasteiger partial charge in [0.15, 0.2) is 0 Å². The Morgan fingerprint density at radius 2 is 1.55 bits per heavy atom. The van der Waals surface area contributed by atoms with Crippen LogP contribution < -0.4 is 9.62 Å². The summed E-state index contributed by atoms with van der Waals surface area (Å²) in [7, 11) is -3.59. The van der Waals surface area contributed by atoms with Crippen molar-refractivity contribution in [2.75, 3.05) is 17.1 Å². The molecule has 0 aliphatic heterocycles. The van der Waals surface area contributed by atoms with Gasteiger partial charge in [0.25, 0.3) is 0 Å². The third kappa shape index (κ3) is 9.22. The largest absolute Gasteiger partial charge is 0.352 e. The maximum atomic E-state index is 14.1. The summed E-state index contributed by atoms with van der Waals surface area (Å²) in [5.41, 5.74) is 3.13. The Kier molecular flexibility index (Phi) is 12.1. The highest BCUT2D eigenvalue weighted by atomic mass is 35.5. The average molecular weight is 659 g/mol. The molecule has 0 bridgehead atoms. The molecule has 7 nitrogen and oxygen atoms in total. The Labute approximate surface area is 271 Å². The molecule has 236 valence electrons. The van der Waals surface area contributed by atoms with E-state index in [-0.39, 0.29) is 43.8 Å². The van der Waals surface area contributed by atoms with Crippen molar-refractivity contribution < 1.29 is 18.0 Å². The van der Waals surface area contributed by atoms with E-state index in [4.69, 9.17) is 23.2 Å². The van der Waals surface area contributed by atoms with Gasteiger partial charge in [-0.1, -0.05) is 91.5 Å². The second kappa shape index (κ2) is 15.8. The summed E-state index contributed by atoms with van der Waals surface area (Å²) in [5.74, 6) is -0.496. The van der Waals surface area contributed by atoms with Gasteiger partial charge < -0.3 is 10.2 Å². The minimum atomic E-state index is -3.59. The molecule has 1 aliphatic carbocycles. The zero-order chi connectivity index (χ0) is 31.7. The number of nitrogens with zero attached hydrogens (tertiary/aromatic N) is 2. The standard InChI is InChI=1S/C34H41Cl2N3O4S/c1-3-25-18-20-28(21-19-25)39(44(2,42)43)22-10-17-33(40)38(24-29-30(35)15-9-16-31(29)36)32(23-26-11-5-4-6-12-26)34(41)37-27-13-7-8-14-27/h4-6,9,11-12,15-16,18-21,27,32H,3,7-8,10,13-14,17,22-24H2,1-2H3,(H,37,41)/t32-/m1/s1. The normalized spacial score (nSPS) is 14.3. The van der Waals surface area contributed by atoms with Gasteiger partial charge in [0, 0.05) is 47.6 Å². The third-order valence-electron chi connectivity index (χ3n) is 8.15. The Morgan fingerprint density at radius 3 is 2.14 bits per heavy atom. The van der Waals surface area contributed by atoms with Gasteiger partial charge in [-0.05, 0) is 61.1 Å². The van der Waals surface area contributed by atoms with Crippen LogP contribution in [0.3, 0.4) is 0 Å². The van der Waals surface area contributed by atoms with E-state index in [0.29, 0.717) is 27.7 Å². The van der Waals surface area contributed by atoms with Crippen molar-refractivity contribution in [2.45, 2.75) is 76.9 Å². The number of hydrogen-bond acceptors (Lipinski definition) is 4. The number of carbonyl (C=O) groups is 2. The first-order chi connectivity index (χ1) is 21.1. The minimum Gasteiger partial charge on any atom is -0.352 e. The number of hydrogen-bond donors (Lipinski definition) is 1. The number of carbonyl (C=O) groups excluding carboxylic acids is 2. The van der Waals surface area contributed by atoms with E-state index in [1.165, 1.54) is 4.31 Å². The molecule has 0 saturated heterocycles. The van der Waals surface area contributed by atoms with Crippen LogP contribution in [0.2, 0.25) is 10.0 Å². The number of sulfonamides is 1. The molecule has 1 fully saturated rings. The lowest BCUT2D eigenvalue weighted by Gasteiger charge is -2.33. The summed E-state index contributed by atoms with van der Waals surface area (Å²) in [4.78, 5) is 29.5. The summed E-state index contributed by atoms with van der Waals surface area (Å²) in [6.45, 7) is 2.20. The summed E-state index contributed by atoms with van der Waals surface area (Å²) in [5, 5.41) is 4.00. The maximum absolute atomic E-state index is 14.1. The molecular weight excluding hydrogens is 617 g/mol. The Morgan fingerprint density at radius 1 is 0.909 bits per heavy atom. The fourth-order valence-electron chi connectivity index (χ4n) is 5.68. The van der Waals surface area contributed by atoms with Gasteiger partial charge in [-0.2, -0.15) is 0 Å². The minimum absolute atomic E-state index is 0.0309. The van der Waals surface area contributed by atoms with Gasteiger partial charge in [-0.15, -0.1) is 0 Å². The molecule has 4 rings (SSSR count). The lowest BCUT2D eigenvalue weighted by Crippen LogP contribution is -2.52. The number of amides is 2. The Bertz CT molecular complexity index is 1490. The molecule has 1 atom stereocenters. The van der Waals surface area contributed by atoms with E-state index in [9.17, 15) is 18.0 Å². The van der Waals surface area contributed by atoms with Crippen LogP contribution in [-0.2, 0) is 39.0 Å². The second-order valence-corrected chi connectivity index (χ2v) is 14.1. The number of aryl methyl sites for hydroxylation is 1. The molecule has 1 saturated carbocycles. The first-order valence-corrected chi connectivity index (χ1v) is 17.8. The summed E-state index contributed by atoms with van der Waals surface area (Å²) in [6, 6.07) is 21.4. The van der Waals surface area contributed by atoms with Crippen molar-refractivity contribution in [3.8, 4) is 0 Å². The predicted octanol–water partition coefficient (Wildman–Crippen LogP) is 6.80. The SMILES string of the molecule is CCc1ccc(N(CCCC(=O)N(Cc2c(Cl)cccc2Cl)[C@H](Cc2ccccc2)C(=O)NC2CCCC2)S(C)(=O)=O)cc1. The number of anilines is 1. The van der Waals surface area contributed by atoms with E-state index in [2.05, 4.69) is 5.32 Å². The van der Waals surface area contributed by atoms with E-state index < -0.39 is 16.1 Å². The Balaban J connectivity index is 1.61. The van der Waals surface area contributed by atoms with Gasteiger partial charge in [0.05, 0.1) is 11.9 Å². The molecule has 3 aromatic rings. The number of rotatable bonds is 14. The van der Waals surface area contributed by atoms with Crippen molar-refractivity contribution in [3.05, 3.63) is 99.5 Å². The van der Waals surface area contributed by atoms with Crippen molar-refractivity contribution in [3.63, 3.8) is 0 Å². The van der Waals surface area contributed by atoms with Crippen LogP contribution in [0.5, 0.6) is 0 Å². The van der Waals surface area contributed by atoms with E-state index in [1.54, 1.807) is 35.2 Å². The summed E-state index contributed by atoms with van der Waals surface area (Å²) < 4.78 is 26.8. The lowest BCUT2D eigenvalue weighted by molar-refractivity contribution is -0.141. The van der Waals surface area contributed by atoms with Crippen molar-refractivity contribution >= 4 is 50.7 Å². The van der Waals surface area contributed by atoms with Gasteiger partial charge >= 0.3 is 0 Å². The van der Waals surface area contributed by atoms with Crippen LogP contribution in [0.25, 0.3) is 0 Å². The number of benzene rings is 3. The number of halogens is 2.